The number of nitrogen functional groups attached to an aromatic ring is 1. The van der Waals surface area contributed by atoms with Crippen molar-refractivity contribution in [2.45, 2.75) is 25.4 Å². The number of carbonyl (C=O) groups excluding carboxylic acids is 1. The minimum Gasteiger partial charge on any atom is -0.497 e. The second-order valence-corrected chi connectivity index (χ2v) is 5.65. The largest absolute Gasteiger partial charge is 0.497 e. The van der Waals surface area contributed by atoms with Gasteiger partial charge in [-0.25, -0.2) is 0 Å². The van der Waals surface area contributed by atoms with Gasteiger partial charge in [0.25, 0.3) is 0 Å². The molecule has 3 rings (SSSR count). The number of amides is 1. The first-order valence-corrected chi connectivity index (χ1v) is 7.12. The van der Waals surface area contributed by atoms with E-state index in [4.69, 9.17) is 10.5 Å². The zero-order valence-corrected chi connectivity index (χ0v) is 11.8. The van der Waals surface area contributed by atoms with Crippen LogP contribution in [0, 0.1) is 5.92 Å². The van der Waals surface area contributed by atoms with Crippen LogP contribution in [0.3, 0.4) is 0 Å². The number of benzene rings is 1. The summed E-state index contributed by atoms with van der Waals surface area (Å²) in [4.78, 5) is 14.2. The van der Waals surface area contributed by atoms with E-state index in [-0.39, 0.29) is 11.8 Å². The number of nitrogens with two attached hydrogens (primary N) is 1. The first-order chi connectivity index (χ1) is 9.67. The number of carbonyl (C=O) groups is 1. The van der Waals surface area contributed by atoms with Gasteiger partial charge in [-0.2, -0.15) is 0 Å². The Labute approximate surface area is 119 Å². The van der Waals surface area contributed by atoms with Crippen molar-refractivity contribution in [2.75, 3.05) is 25.9 Å². The third-order valence-electron chi connectivity index (χ3n) is 4.33. The number of rotatable bonds is 3. The molecule has 0 spiro atoms. The highest BCUT2D eigenvalue weighted by Gasteiger charge is 2.40. The van der Waals surface area contributed by atoms with Gasteiger partial charge in [0.05, 0.1) is 13.0 Å². The number of methoxy groups -OCH3 is 1. The molecule has 0 aromatic heterocycles. The number of hydrogen-bond acceptors (Lipinski definition) is 4. The summed E-state index contributed by atoms with van der Waals surface area (Å²) in [6.07, 6.45) is 2.08. The molecule has 1 amide bonds. The molecule has 3 N–H and O–H groups in total. The zero-order valence-electron chi connectivity index (χ0n) is 11.8. The summed E-state index contributed by atoms with van der Waals surface area (Å²) in [6.45, 7) is 2.62. The Bertz CT molecular complexity index is 518. The first-order valence-electron chi connectivity index (χ1n) is 7.12. The fourth-order valence-electron chi connectivity index (χ4n) is 3.37. The monoisotopic (exact) mass is 275 g/mol. The van der Waals surface area contributed by atoms with Gasteiger partial charge in [0.2, 0.25) is 5.91 Å². The third-order valence-corrected chi connectivity index (χ3v) is 4.33. The van der Waals surface area contributed by atoms with E-state index in [1.54, 1.807) is 7.11 Å². The predicted molar refractivity (Wildman–Crippen MR) is 77.3 cm³/mol. The van der Waals surface area contributed by atoms with Crippen LogP contribution in [-0.4, -0.2) is 37.0 Å². The second kappa shape index (κ2) is 5.32. The van der Waals surface area contributed by atoms with Gasteiger partial charge in [-0.3, -0.25) is 9.69 Å². The van der Waals surface area contributed by atoms with E-state index >= 15 is 0 Å². The van der Waals surface area contributed by atoms with Crippen LogP contribution in [0.4, 0.5) is 5.69 Å². The zero-order chi connectivity index (χ0) is 14.1. The molecule has 2 unspecified atom stereocenters. The van der Waals surface area contributed by atoms with E-state index in [1.807, 2.05) is 18.2 Å². The Morgan fingerprint density at radius 1 is 1.45 bits per heavy atom. The lowest BCUT2D eigenvalue weighted by atomic mass is 9.91. The number of ether oxygens (including phenoxy) is 1. The molecule has 108 valence electrons. The maximum Gasteiger partial charge on any atom is 0.224 e. The first kappa shape index (κ1) is 13.2. The van der Waals surface area contributed by atoms with Gasteiger partial charge in [0.15, 0.2) is 0 Å². The normalized spacial score (nSPS) is 26.1. The Balaban J connectivity index is 1.77. The number of piperidine rings is 1. The molecule has 2 atom stereocenters. The molecule has 2 fully saturated rings. The van der Waals surface area contributed by atoms with Gasteiger partial charge in [0, 0.05) is 30.9 Å². The minimum atomic E-state index is 0.159. The predicted octanol–water partition coefficient (Wildman–Crippen LogP) is 0.988. The topological polar surface area (TPSA) is 67.6 Å². The average molecular weight is 275 g/mol. The van der Waals surface area contributed by atoms with Crippen LogP contribution in [-0.2, 0) is 11.3 Å². The van der Waals surface area contributed by atoms with E-state index in [1.165, 1.54) is 0 Å². The molecule has 2 aliphatic rings. The standard InChI is InChI=1S/C15H21N3O2/c1-20-12-6-10(5-11(16)7-12)9-18-4-2-3-13-14(18)8-17-15(13)19/h5-7,13-14H,2-4,8-9,16H2,1H3,(H,17,19). The van der Waals surface area contributed by atoms with E-state index in [2.05, 4.69) is 10.2 Å². The highest BCUT2D eigenvalue weighted by molar-refractivity contribution is 5.82. The summed E-state index contributed by atoms with van der Waals surface area (Å²) in [7, 11) is 1.65. The lowest BCUT2D eigenvalue weighted by Gasteiger charge is -2.35. The molecule has 0 bridgehead atoms. The summed E-state index contributed by atoms with van der Waals surface area (Å²) in [5.41, 5.74) is 7.76. The summed E-state index contributed by atoms with van der Waals surface area (Å²) in [5.74, 6) is 1.16. The molecule has 2 aliphatic heterocycles. The Hall–Kier alpha value is -1.75. The van der Waals surface area contributed by atoms with Crippen molar-refractivity contribution >= 4 is 11.6 Å². The van der Waals surface area contributed by atoms with Crippen molar-refractivity contribution in [3.63, 3.8) is 0 Å². The maximum atomic E-state index is 11.8. The Kier molecular flexibility index (Phi) is 3.53. The van der Waals surface area contributed by atoms with E-state index in [0.29, 0.717) is 11.7 Å². The fourth-order valence-corrected chi connectivity index (χ4v) is 3.37. The van der Waals surface area contributed by atoms with Crippen LogP contribution in [0.25, 0.3) is 0 Å². The molecular formula is C15H21N3O2. The number of nitrogens with zero attached hydrogens (tertiary/aromatic N) is 1. The quantitative estimate of drug-likeness (QED) is 0.807. The highest BCUT2D eigenvalue weighted by atomic mass is 16.5. The van der Waals surface area contributed by atoms with Crippen LogP contribution in [0.2, 0.25) is 0 Å². The fraction of sp³-hybridized carbons (Fsp3) is 0.533. The SMILES string of the molecule is COc1cc(N)cc(CN2CCCC3C(=O)NCC32)c1. The molecule has 0 saturated carbocycles. The molecule has 2 heterocycles. The van der Waals surface area contributed by atoms with Crippen molar-refractivity contribution in [1.82, 2.24) is 10.2 Å². The summed E-state index contributed by atoms with van der Waals surface area (Å²) in [5, 5.41) is 2.98. The van der Waals surface area contributed by atoms with Crippen LogP contribution in [0.15, 0.2) is 18.2 Å². The Morgan fingerprint density at radius 2 is 2.30 bits per heavy atom. The third kappa shape index (κ3) is 2.45. The number of anilines is 1. The van der Waals surface area contributed by atoms with Crippen LogP contribution < -0.4 is 15.8 Å². The number of fused-ring (bicyclic) bond motifs is 1. The van der Waals surface area contributed by atoms with E-state index in [9.17, 15) is 4.79 Å². The van der Waals surface area contributed by atoms with Crippen molar-refractivity contribution in [3.05, 3.63) is 23.8 Å². The molecule has 20 heavy (non-hydrogen) atoms. The molecule has 5 heteroatoms. The maximum absolute atomic E-state index is 11.8. The lowest BCUT2D eigenvalue weighted by molar-refractivity contribution is -0.124. The van der Waals surface area contributed by atoms with Crippen molar-refractivity contribution in [3.8, 4) is 5.75 Å². The summed E-state index contributed by atoms with van der Waals surface area (Å²) in [6, 6.07) is 6.15. The van der Waals surface area contributed by atoms with Gasteiger partial charge in [-0.1, -0.05) is 0 Å². The Morgan fingerprint density at radius 3 is 3.10 bits per heavy atom. The molecule has 2 saturated heterocycles. The molecule has 0 radical (unpaired) electrons. The van der Waals surface area contributed by atoms with Gasteiger partial charge in [0.1, 0.15) is 5.75 Å². The summed E-state index contributed by atoms with van der Waals surface area (Å²) >= 11 is 0. The highest BCUT2D eigenvalue weighted by Crippen LogP contribution is 2.29. The van der Waals surface area contributed by atoms with Crippen molar-refractivity contribution in [2.24, 2.45) is 5.92 Å². The molecular weight excluding hydrogens is 254 g/mol. The number of hydrogen-bond donors (Lipinski definition) is 2. The van der Waals surface area contributed by atoms with Crippen molar-refractivity contribution in [1.29, 1.82) is 0 Å². The van der Waals surface area contributed by atoms with Gasteiger partial charge >= 0.3 is 0 Å². The number of likely N-dealkylation sites (tertiary alicyclic amines) is 1. The van der Waals surface area contributed by atoms with Gasteiger partial charge in [-0.05, 0) is 37.1 Å². The van der Waals surface area contributed by atoms with Gasteiger partial charge in [-0.15, -0.1) is 0 Å². The second-order valence-electron chi connectivity index (χ2n) is 5.65. The molecule has 1 aromatic rings. The van der Waals surface area contributed by atoms with Crippen molar-refractivity contribution < 1.29 is 9.53 Å². The van der Waals surface area contributed by atoms with Crippen LogP contribution in [0.1, 0.15) is 18.4 Å². The van der Waals surface area contributed by atoms with E-state index in [0.717, 1.165) is 43.8 Å². The molecule has 1 aromatic carbocycles. The lowest BCUT2D eigenvalue weighted by Crippen LogP contribution is -2.44. The smallest absolute Gasteiger partial charge is 0.224 e. The van der Waals surface area contributed by atoms with Gasteiger partial charge < -0.3 is 15.8 Å². The summed E-state index contributed by atoms with van der Waals surface area (Å²) < 4.78 is 5.26. The van der Waals surface area contributed by atoms with Crippen LogP contribution in [0.5, 0.6) is 5.75 Å². The van der Waals surface area contributed by atoms with Crippen LogP contribution >= 0.6 is 0 Å². The number of nitrogens with one attached hydrogen (secondary N) is 1. The molecule has 0 aliphatic carbocycles. The average Bonchev–Trinajstić information content (AvgIpc) is 2.81. The minimum absolute atomic E-state index is 0.159. The van der Waals surface area contributed by atoms with E-state index < -0.39 is 0 Å². The molecule has 5 nitrogen and oxygen atoms in total.